The van der Waals surface area contributed by atoms with E-state index in [4.69, 9.17) is 9.47 Å². The molecular formula is C23H23N5O3S. The van der Waals surface area contributed by atoms with Gasteiger partial charge in [-0.1, -0.05) is 30.0 Å². The van der Waals surface area contributed by atoms with Gasteiger partial charge in [0.25, 0.3) is 0 Å². The largest absolute Gasteiger partial charge is 0.493 e. The summed E-state index contributed by atoms with van der Waals surface area (Å²) < 4.78 is 12.7. The summed E-state index contributed by atoms with van der Waals surface area (Å²) in [5.74, 6) is 2.12. The van der Waals surface area contributed by atoms with Crippen LogP contribution in [0.15, 0.2) is 53.8 Å². The summed E-state index contributed by atoms with van der Waals surface area (Å²) in [6, 6.07) is 13.8. The maximum atomic E-state index is 12.6. The Balaban J connectivity index is 1.33. The van der Waals surface area contributed by atoms with Gasteiger partial charge < -0.3 is 19.8 Å². The SMILES string of the molecule is COc1ccc(NC(=O)CSc2nnc(-c3c[nH]c4ccccc34)n2C2CC2)cc1OC. The monoisotopic (exact) mass is 449 g/mol. The van der Waals surface area contributed by atoms with Gasteiger partial charge in [-0.3, -0.25) is 9.36 Å². The molecule has 1 aliphatic carbocycles. The van der Waals surface area contributed by atoms with Crippen molar-refractivity contribution in [3.05, 3.63) is 48.7 Å². The minimum atomic E-state index is -0.124. The van der Waals surface area contributed by atoms with Crippen molar-refractivity contribution in [2.75, 3.05) is 25.3 Å². The maximum Gasteiger partial charge on any atom is 0.234 e. The second-order valence-electron chi connectivity index (χ2n) is 7.56. The summed E-state index contributed by atoms with van der Waals surface area (Å²) in [4.78, 5) is 15.9. The number of nitrogens with one attached hydrogen (secondary N) is 2. The number of amides is 1. The van der Waals surface area contributed by atoms with E-state index in [9.17, 15) is 4.79 Å². The molecule has 8 nitrogen and oxygen atoms in total. The molecule has 0 radical (unpaired) electrons. The Morgan fingerprint density at radius 1 is 1.16 bits per heavy atom. The number of methoxy groups -OCH3 is 2. The highest BCUT2D eigenvalue weighted by Gasteiger charge is 2.31. The number of hydrogen-bond donors (Lipinski definition) is 2. The summed E-state index contributed by atoms with van der Waals surface area (Å²) in [6.45, 7) is 0. The minimum absolute atomic E-state index is 0.124. The average molecular weight is 450 g/mol. The van der Waals surface area contributed by atoms with E-state index in [0.717, 1.165) is 40.3 Å². The molecule has 0 saturated heterocycles. The first kappa shape index (κ1) is 20.4. The molecule has 2 heterocycles. The zero-order valence-electron chi connectivity index (χ0n) is 17.8. The number of nitrogens with zero attached hydrogens (tertiary/aromatic N) is 3. The van der Waals surface area contributed by atoms with Gasteiger partial charge in [0.2, 0.25) is 5.91 Å². The van der Waals surface area contributed by atoms with Gasteiger partial charge in [-0.25, -0.2) is 0 Å². The predicted octanol–water partition coefficient (Wildman–Crippen LogP) is 4.51. The van der Waals surface area contributed by atoms with Crippen molar-refractivity contribution in [1.82, 2.24) is 19.7 Å². The molecule has 0 spiro atoms. The summed E-state index contributed by atoms with van der Waals surface area (Å²) in [5.41, 5.74) is 2.74. The number of H-pyrrole nitrogens is 1. The molecule has 2 N–H and O–H groups in total. The predicted molar refractivity (Wildman–Crippen MR) is 124 cm³/mol. The molecule has 0 bridgehead atoms. The number of carbonyl (C=O) groups is 1. The Labute approximate surface area is 189 Å². The lowest BCUT2D eigenvalue weighted by Gasteiger charge is -2.11. The third-order valence-electron chi connectivity index (χ3n) is 5.41. The number of aromatic amines is 1. The van der Waals surface area contributed by atoms with E-state index in [1.807, 2.05) is 24.4 Å². The van der Waals surface area contributed by atoms with Crippen LogP contribution in [0.25, 0.3) is 22.3 Å². The average Bonchev–Trinajstić information content (AvgIpc) is 3.43. The van der Waals surface area contributed by atoms with Crippen molar-refractivity contribution in [3.8, 4) is 22.9 Å². The molecule has 32 heavy (non-hydrogen) atoms. The van der Waals surface area contributed by atoms with Gasteiger partial charge in [-0.2, -0.15) is 0 Å². The zero-order valence-corrected chi connectivity index (χ0v) is 18.6. The van der Waals surface area contributed by atoms with Crippen LogP contribution in [-0.4, -0.2) is 45.6 Å². The summed E-state index contributed by atoms with van der Waals surface area (Å²) in [5, 5.41) is 13.7. The molecule has 0 unspecified atom stereocenters. The first-order chi connectivity index (χ1) is 15.7. The lowest BCUT2D eigenvalue weighted by molar-refractivity contribution is -0.113. The Kier molecular flexibility index (Phi) is 5.48. The third-order valence-corrected chi connectivity index (χ3v) is 6.35. The number of carbonyl (C=O) groups excluding carboxylic acids is 1. The van der Waals surface area contributed by atoms with Gasteiger partial charge in [0.1, 0.15) is 0 Å². The Morgan fingerprint density at radius 3 is 2.75 bits per heavy atom. The van der Waals surface area contributed by atoms with E-state index in [-0.39, 0.29) is 11.7 Å². The number of hydrogen-bond acceptors (Lipinski definition) is 6. The third kappa shape index (κ3) is 3.91. The van der Waals surface area contributed by atoms with Crippen molar-refractivity contribution < 1.29 is 14.3 Å². The van der Waals surface area contributed by atoms with Crippen LogP contribution < -0.4 is 14.8 Å². The number of thioether (sulfide) groups is 1. The molecule has 1 aliphatic rings. The first-order valence-electron chi connectivity index (χ1n) is 10.3. The highest BCUT2D eigenvalue weighted by molar-refractivity contribution is 7.99. The molecule has 1 amide bonds. The molecule has 1 fully saturated rings. The molecule has 4 aromatic rings. The smallest absolute Gasteiger partial charge is 0.234 e. The Bertz CT molecular complexity index is 1280. The fourth-order valence-electron chi connectivity index (χ4n) is 3.72. The fourth-order valence-corrected chi connectivity index (χ4v) is 4.52. The summed E-state index contributed by atoms with van der Waals surface area (Å²) in [6.07, 6.45) is 4.17. The maximum absolute atomic E-state index is 12.6. The van der Waals surface area contributed by atoms with E-state index >= 15 is 0 Å². The molecular weight excluding hydrogens is 426 g/mol. The van der Waals surface area contributed by atoms with Crippen LogP contribution in [0.2, 0.25) is 0 Å². The van der Waals surface area contributed by atoms with Crippen LogP contribution in [0.3, 0.4) is 0 Å². The number of para-hydroxylation sites is 1. The van der Waals surface area contributed by atoms with Crippen LogP contribution in [0, 0.1) is 0 Å². The van der Waals surface area contributed by atoms with Gasteiger partial charge in [0, 0.05) is 40.5 Å². The second-order valence-corrected chi connectivity index (χ2v) is 8.50. The zero-order chi connectivity index (χ0) is 22.1. The normalized spacial score (nSPS) is 13.3. The van der Waals surface area contributed by atoms with Crippen LogP contribution in [-0.2, 0) is 4.79 Å². The van der Waals surface area contributed by atoms with Crippen molar-refractivity contribution >= 4 is 34.3 Å². The van der Waals surface area contributed by atoms with Crippen molar-refractivity contribution in [2.45, 2.75) is 24.0 Å². The van der Waals surface area contributed by atoms with E-state index in [2.05, 4.69) is 31.1 Å². The van der Waals surface area contributed by atoms with Gasteiger partial charge in [0.15, 0.2) is 22.5 Å². The van der Waals surface area contributed by atoms with Crippen molar-refractivity contribution in [1.29, 1.82) is 0 Å². The minimum Gasteiger partial charge on any atom is -0.493 e. The second kappa shape index (κ2) is 8.58. The molecule has 0 aliphatic heterocycles. The quantitative estimate of drug-likeness (QED) is 0.385. The number of fused-ring (bicyclic) bond motifs is 1. The van der Waals surface area contributed by atoms with Crippen LogP contribution in [0.5, 0.6) is 11.5 Å². The topological polar surface area (TPSA) is 94.1 Å². The number of ether oxygens (including phenoxy) is 2. The lowest BCUT2D eigenvalue weighted by Crippen LogP contribution is -2.14. The Hall–Kier alpha value is -3.46. The van der Waals surface area contributed by atoms with Gasteiger partial charge >= 0.3 is 0 Å². The van der Waals surface area contributed by atoms with Gasteiger partial charge in [-0.05, 0) is 31.0 Å². The Morgan fingerprint density at radius 2 is 1.97 bits per heavy atom. The first-order valence-corrected chi connectivity index (χ1v) is 11.3. The number of rotatable bonds is 8. The molecule has 5 rings (SSSR count). The molecule has 164 valence electrons. The summed E-state index contributed by atoms with van der Waals surface area (Å²) in [7, 11) is 3.14. The van der Waals surface area contributed by atoms with Gasteiger partial charge in [0.05, 0.1) is 20.0 Å². The fraction of sp³-hybridized carbons (Fsp3) is 0.261. The van der Waals surface area contributed by atoms with E-state index in [1.165, 1.54) is 11.8 Å². The standard InChI is InChI=1S/C23H23N5O3S/c1-30-19-10-7-14(11-20(19)31-2)25-21(29)13-32-23-27-26-22(28(23)15-8-9-15)17-12-24-18-6-4-3-5-16(17)18/h3-7,10-12,15,24H,8-9,13H2,1-2H3,(H,25,29). The number of anilines is 1. The van der Waals surface area contributed by atoms with Gasteiger partial charge in [-0.15, -0.1) is 10.2 Å². The van der Waals surface area contributed by atoms with Crippen LogP contribution in [0.1, 0.15) is 18.9 Å². The molecule has 2 aromatic heterocycles. The number of benzene rings is 2. The molecule has 1 saturated carbocycles. The van der Waals surface area contributed by atoms with E-state index in [0.29, 0.717) is 23.2 Å². The van der Waals surface area contributed by atoms with Crippen molar-refractivity contribution in [2.24, 2.45) is 0 Å². The van der Waals surface area contributed by atoms with E-state index < -0.39 is 0 Å². The van der Waals surface area contributed by atoms with Crippen LogP contribution in [0.4, 0.5) is 5.69 Å². The number of aromatic nitrogens is 4. The lowest BCUT2D eigenvalue weighted by atomic mass is 10.1. The van der Waals surface area contributed by atoms with Crippen LogP contribution >= 0.6 is 11.8 Å². The molecule has 2 aromatic carbocycles. The van der Waals surface area contributed by atoms with Crippen molar-refractivity contribution in [3.63, 3.8) is 0 Å². The van der Waals surface area contributed by atoms with E-state index in [1.54, 1.807) is 32.4 Å². The highest BCUT2D eigenvalue weighted by Crippen LogP contribution is 2.42. The highest BCUT2D eigenvalue weighted by atomic mass is 32.2. The molecule has 9 heteroatoms. The molecule has 0 atom stereocenters. The summed E-state index contributed by atoms with van der Waals surface area (Å²) >= 11 is 1.40.